The van der Waals surface area contributed by atoms with Crippen molar-refractivity contribution in [2.75, 3.05) is 33.9 Å². The molecule has 0 radical (unpaired) electrons. The van der Waals surface area contributed by atoms with E-state index < -0.39 is 11.6 Å². The first-order valence-corrected chi connectivity index (χ1v) is 6.51. The van der Waals surface area contributed by atoms with Crippen LogP contribution < -0.4 is 4.74 Å². The number of rotatable bonds is 7. The molecule has 6 heteroatoms. The van der Waals surface area contributed by atoms with Crippen molar-refractivity contribution in [1.82, 2.24) is 4.90 Å². The van der Waals surface area contributed by atoms with Gasteiger partial charge in [0.15, 0.2) is 6.29 Å². The predicted octanol–water partition coefficient (Wildman–Crippen LogP) is 2.04. The van der Waals surface area contributed by atoms with Gasteiger partial charge in [-0.1, -0.05) is 0 Å². The summed E-state index contributed by atoms with van der Waals surface area (Å²) in [4.78, 5) is 2.17. The summed E-state index contributed by atoms with van der Waals surface area (Å²) in [7, 11) is 3.21. The fourth-order valence-electron chi connectivity index (χ4n) is 2.19. The van der Waals surface area contributed by atoms with Gasteiger partial charge in [-0.3, -0.25) is 4.90 Å². The maximum atomic E-state index is 13.0. The van der Waals surface area contributed by atoms with E-state index in [0.717, 1.165) is 32.1 Å². The number of ether oxygens (including phenoxy) is 3. The molecule has 112 valence electrons. The monoisotopic (exact) mass is 287 g/mol. The number of benzene rings is 1. The van der Waals surface area contributed by atoms with Gasteiger partial charge in [0.25, 0.3) is 0 Å². The molecule has 0 unspecified atom stereocenters. The molecule has 0 saturated carbocycles. The van der Waals surface area contributed by atoms with Gasteiger partial charge in [0.05, 0.1) is 0 Å². The largest absolute Gasteiger partial charge is 0.488 e. The molecule has 1 heterocycles. The third-order valence-electron chi connectivity index (χ3n) is 3.27. The summed E-state index contributed by atoms with van der Waals surface area (Å²) in [6.07, 6.45) is 0.543. The van der Waals surface area contributed by atoms with Gasteiger partial charge in [-0.25, -0.2) is 8.78 Å². The minimum absolute atomic E-state index is 0.0280. The summed E-state index contributed by atoms with van der Waals surface area (Å²) >= 11 is 0. The molecule has 20 heavy (non-hydrogen) atoms. The average molecular weight is 287 g/mol. The van der Waals surface area contributed by atoms with E-state index >= 15 is 0 Å². The van der Waals surface area contributed by atoms with Crippen LogP contribution in [0.5, 0.6) is 5.75 Å². The third kappa shape index (κ3) is 4.13. The normalized spacial score (nSPS) is 16.4. The number of nitrogens with zero attached hydrogens (tertiary/aromatic N) is 1. The van der Waals surface area contributed by atoms with E-state index in [1.807, 2.05) is 0 Å². The van der Waals surface area contributed by atoms with Gasteiger partial charge in [-0.15, -0.1) is 0 Å². The van der Waals surface area contributed by atoms with Crippen molar-refractivity contribution in [3.8, 4) is 5.75 Å². The smallest absolute Gasteiger partial charge is 0.158 e. The predicted molar refractivity (Wildman–Crippen MR) is 69.6 cm³/mol. The van der Waals surface area contributed by atoms with Crippen LogP contribution in [0.2, 0.25) is 0 Å². The lowest BCUT2D eigenvalue weighted by atomic mass is 10.1. The van der Waals surface area contributed by atoms with Gasteiger partial charge >= 0.3 is 0 Å². The summed E-state index contributed by atoms with van der Waals surface area (Å²) < 4.78 is 41.7. The molecule has 0 bridgehead atoms. The third-order valence-corrected chi connectivity index (χ3v) is 3.27. The molecule has 0 atom stereocenters. The van der Waals surface area contributed by atoms with Crippen molar-refractivity contribution >= 4 is 0 Å². The Bertz CT molecular complexity index is 414. The van der Waals surface area contributed by atoms with Crippen LogP contribution >= 0.6 is 0 Å². The number of methoxy groups -OCH3 is 2. The highest BCUT2D eigenvalue weighted by atomic mass is 19.1. The Hall–Kier alpha value is -1.24. The zero-order chi connectivity index (χ0) is 14.5. The van der Waals surface area contributed by atoms with Crippen molar-refractivity contribution in [2.24, 2.45) is 0 Å². The van der Waals surface area contributed by atoms with Gasteiger partial charge < -0.3 is 14.2 Å². The zero-order valence-corrected chi connectivity index (χ0v) is 11.6. The zero-order valence-electron chi connectivity index (χ0n) is 11.6. The Morgan fingerprint density at radius 1 is 1.15 bits per heavy atom. The Labute approximate surface area is 117 Å². The lowest BCUT2D eigenvalue weighted by molar-refractivity contribution is -0.114. The van der Waals surface area contributed by atoms with E-state index in [1.54, 1.807) is 14.2 Å². The highest BCUT2D eigenvalue weighted by Gasteiger charge is 2.28. The minimum atomic E-state index is -0.626. The van der Waals surface area contributed by atoms with Gasteiger partial charge in [0.1, 0.15) is 23.5 Å². The van der Waals surface area contributed by atoms with E-state index in [0.29, 0.717) is 0 Å². The van der Waals surface area contributed by atoms with Crippen molar-refractivity contribution in [1.29, 1.82) is 0 Å². The summed E-state index contributed by atoms with van der Waals surface area (Å²) in [5.74, 6) is -1.02. The first-order valence-electron chi connectivity index (χ1n) is 6.51. The molecule has 0 N–H and O–H groups in total. The molecule has 1 aromatic rings. The summed E-state index contributed by atoms with van der Waals surface area (Å²) in [6.45, 7) is 2.31. The summed E-state index contributed by atoms with van der Waals surface area (Å²) in [5, 5.41) is 0. The van der Waals surface area contributed by atoms with Crippen LogP contribution in [0.3, 0.4) is 0 Å². The van der Waals surface area contributed by atoms with Gasteiger partial charge in [-0.2, -0.15) is 0 Å². The molecule has 1 saturated heterocycles. The molecule has 0 spiro atoms. The molecule has 1 aromatic carbocycles. The van der Waals surface area contributed by atoms with Gasteiger partial charge in [0, 0.05) is 58.5 Å². The maximum Gasteiger partial charge on any atom is 0.158 e. The lowest BCUT2D eigenvalue weighted by Gasteiger charge is -2.39. The Balaban J connectivity index is 1.71. The quantitative estimate of drug-likeness (QED) is 0.718. The Morgan fingerprint density at radius 2 is 1.75 bits per heavy atom. The van der Waals surface area contributed by atoms with E-state index in [-0.39, 0.29) is 18.1 Å². The van der Waals surface area contributed by atoms with Crippen LogP contribution in [0.4, 0.5) is 8.78 Å². The van der Waals surface area contributed by atoms with E-state index in [4.69, 9.17) is 14.2 Å². The summed E-state index contributed by atoms with van der Waals surface area (Å²) in [5.41, 5.74) is 0. The number of halogens is 2. The standard InChI is InChI=1S/C14H19F2NO3/c1-18-14(19-2)3-4-17-8-13(9-17)20-12-6-10(15)5-11(16)7-12/h5-7,13-14H,3-4,8-9H2,1-2H3. The summed E-state index contributed by atoms with van der Waals surface area (Å²) in [6, 6.07) is 3.21. The molecular weight excluding hydrogens is 268 g/mol. The van der Waals surface area contributed by atoms with Crippen LogP contribution in [-0.2, 0) is 9.47 Å². The topological polar surface area (TPSA) is 30.9 Å². The van der Waals surface area contributed by atoms with Crippen molar-refractivity contribution in [2.45, 2.75) is 18.8 Å². The SMILES string of the molecule is COC(CCN1CC(Oc2cc(F)cc(F)c2)C1)OC. The maximum absolute atomic E-state index is 13.0. The van der Waals surface area contributed by atoms with Crippen molar-refractivity contribution < 1.29 is 23.0 Å². The number of hydrogen-bond donors (Lipinski definition) is 0. The van der Waals surface area contributed by atoms with Gasteiger partial charge in [-0.05, 0) is 0 Å². The van der Waals surface area contributed by atoms with Crippen LogP contribution in [0, 0.1) is 11.6 Å². The average Bonchev–Trinajstić information content (AvgIpc) is 2.35. The van der Waals surface area contributed by atoms with E-state index in [2.05, 4.69) is 4.90 Å². The van der Waals surface area contributed by atoms with Crippen LogP contribution in [0.25, 0.3) is 0 Å². The van der Waals surface area contributed by atoms with Crippen molar-refractivity contribution in [3.63, 3.8) is 0 Å². The van der Waals surface area contributed by atoms with E-state index in [1.165, 1.54) is 12.1 Å². The van der Waals surface area contributed by atoms with Crippen LogP contribution in [0.15, 0.2) is 18.2 Å². The lowest BCUT2D eigenvalue weighted by Crippen LogP contribution is -2.54. The molecule has 1 aliphatic heterocycles. The van der Waals surface area contributed by atoms with Crippen molar-refractivity contribution in [3.05, 3.63) is 29.8 Å². The molecule has 4 nitrogen and oxygen atoms in total. The molecule has 2 rings (SSSR count). The van der Waals surface area contributed by atoms with Gasteiger partial charge in [0.2, 0.25) is 0 Å². The Kier molecular flexibility index (Phi) is 5.28. The first kappa shape index (κ1) is 15.2. The molecule has 0 aliphatic carbocycles. The Morgan fingerprint density at radius 3 is 2.30 bits per heavy atom. The van der Waals surface area contributed by atoms with E-state index in [9.17, 15) is 8.78 Å². The highest BCUT2D eigenvalue weighted by Crippen LogP contribution is 2.20. The molecule has 1 fully saturated rings. The minimum Gasteiger partial charge on any atom is -0.488 e. The number of likely N-dealkylation sites (tertiary alicyclic amines) is 1. The first-order chi connectivity index (χ1) is 9.60. The molecule has 1 aliphatic rings. The fourth-order valence-corrected chi connectivity index (χ4v) is 2.19. The molecule has 0 amide bonds. The molecule has 0 aromatic heterocycles. The van der Waals surface area contributed by atoms with Crippen LogP contribution in [-0.4, -0.2) is 51.1 Å². The van der Waals surface area contributed by atoms with Crippen LogP contribution in [0.1, 0.15) is 6.42 Å². The second-order valence-electron chi connectivity index (χ2n) is 4.79. The fraction of sp³-hybridized carbons (Fsp3) is 0.571. The molecular formula is C14H19F2NO3. The number of hydrogen-bond acceptors (Lipinski definition) is 4. The second-order valence-corrected chi connectivity index (χ2v) is 4.79. The second kappa shape index (κ2) is 6.97. The highest BCUT2D eigenvalue weighted by molar-refractivity contribution is 5.24.